The van der Waals surface area contributed by atoms with Crippen LogP contribution in [0.1, 0.15) is 44.6 Å². The van der Waals surface area contributed by atoms with E-state index >= 15 is 0 Å². The van der Waals surface area contributed by atoms with E-state index in [9.17, 15) is 4.79 Å². The van der Waals surface area contributed by atoms with Crippen molar-refractivity contribution < 1.29 is 9.53 Å². The first-order valence-electron chi connectivity index (χ1n) is 7.81. The summed E-state index contributed by atoms with van der Waals surface area (Å²) in [5.74, 6) is 0.823. The minimum Gasteiger partial charge on any atom is -0.495 e. The summed E-state index contributed by atoms with van der Waals surface area (Å²) in [4.78, 5) is 12.3. The summed E-state index contributed by atoms with van der Waals surface area (Å²) in [6.45, 7) is 3.91. The van der Waals surface area contributed by atoms with E-state index in [0.29, 0.717) is 6.04 Å². The van der Waals surface area contributed by atoms with Crippen LogP contribution in [0, 0.1) is 6.92 Å². The van der Waals surface area contributed by atoms with Crippen LogP contribution in [0.5, 0.6) is 5.75 Å². The molecular weight excluding hydrogens is 264 g/mol. The van der Waals surface area contributed by atoms with Crippen molar-refractivity contribution in [1.29, 1.82) is 0 Å². The minimum atomic E-state index is -0.275. The Kier molecular flexibility index (Phi) is 5.48. The monoisotopic (exact) mass is 290 g/mol. The number of ether oxygens (including phenoxy) is 1. The van der Waals surface area contributed by atoms with E-state index in [1.807, 2.05) is 32.0 Å². The van der Waals surface area contributed by atoms with Crippen LogP contribution in [0.4, 0.5) is 5.69 Å². The van der Waals surface area contributed by atoms with E-state index < -0.39 is 0 Å². The third-order valence-corrected chi connectivity index (χ3v) is 4.07. The SMILES string of the molecule is COc1ccc(C)cc1N[C@H](C)C(=O)NC1CCCCC1. The molecule has 21 heavy (non-hydrogen) atoms. The van der Waals surface area contributed by atoms with Gasteiger partial charge in [-0.25, -0.2) is 0 Å². The molecule has 116 valence electrons. The Morgan fingerprint density at radius 2 is 2.00 bits per heavy atom. The number of aryl methyl sites for hydroxylation is 1. The molecule has 0 aliphatic heterocycles. The standard InChI is InChI=1S/C17H26N2O2/c1-12-9-10-16(21-3)15(11-12)18-13(2)17(20)19-14-7-5-4-6-8-14/h9-11,13-14,18H,4-8H2,1-3H3,(H,19,20)/t13-/m1/s1. The van der Waals surface area contributed by atoms with Crippen LogP contribution in [0.15, 0.2) is 18.2 Å². The van der Waals surface area contributed by atoms with Crippen LogP contribution >= 0.6 is 0 Å². The van der Waals surface area contributed by atoms with Crippen LogP contribution in [0.25, 0.3) is 0 Å². The lowest BCUT2D eigenvalue weighted by molar-refractivity contribution is -0.122. The summed E-state index contributed by atoms with van der Waals surface area (Å²) in [6.07, 6.45) is 5.94. The molecule has 1 aliphatic carbocycles. The Labute approximate surface area is 127 Å². The fourth-order valence-electron chi connectivity index (χ4n) is 2.81. The van der Waals surface area contributed by atoms with Crippen molar-refractivity contribution in [3.05, 3.63) is 23.8 Å². The second-order valence-electron chi connectivity index (χ2n) is 5.91. The van der Waals surface area contributed by atoms with Crippen molar-refractivity contribution in [3.63, 3.8) is 0 Å². The van der Waals surface area contributed by atoms with Gasteiger partial charge in [0.2, 0.25) is 5.91 Å². The highest BCUT2D eigenvalue weighted by Gasteiger charge is 2.20. The first kappa shape index (κ1) is 15.7. The molecule has 1 aromatic carbocycles. The van der Waals surface area contributed by atoms with Gasteiger partial charge in [0, 0.05) is 6.04 Å². The molecule has 0 heterocycles. The van der Waals surface area contributed by atoms with Gasteiger partial charge in [0.25, 0.3) is 0 Å². The Bertz CT molecular complexity index is 482. The van der Waals surface area contributed by atoms with Gasteiger partial charge in [0.15, 0.2) is 0 Å². The van der Waals surface area contributed by atoms with Gasteiger partial charge >= 0.3 is 0 Å². The number of nitrogens with one attached hydrogen (secondary N) is 2. The summed E-state index contributed by atoms with van der Waals surface area (Å²) < 4.78 is 5.34. The molecule has 2 rings (SSSR count). The van der Waals surface area contributed by atoms with Crippen molar-refractivity contribution in [2.75, 3.05) is 12.4 Å². The largest absolute Gasteiger partial charge is 0.495 e. The lowest BCUT2D eigenvalue weighted by Gasteiger charge is -2.25. The molecule has 1 atom stereocenters. The zero-order valence-corrected chi connectivity index (χ0v) is 13.2. The molecule has 0 unspecified atom stereocenters. The number of methoxy groups -OCH3 is 1. The first-order valence-corrected chi connectivity index (χ1v) is 7.81. The quantitative estimate of drug-likeness (QED) is 0.875. The second kappa shape index (κ2) is 7.34. The average molecular weight is 290 g/mol. The Morgan fingerprint density at radius 3 is 2.67 bits per heavy atom. The van der Waals surface area contributed by atoms with Gasteiger partial charge in [-0.1, -0.05) is 25.3 Å². The van der Waals surface area contributed by atoms with E-state index in [4.69, 9.17) is 4.74 Å². The molecule has 0 radical (unpaired) electrons. The molecule has 2 N–H and O–H groups in total. The number of anilines is 1. The maximum absolute atomic E-state index is 12.3. The fraction of sp³-hybridized carbons (Fsp3) is 0.588. The lowest BCUT2D eigenvalue weighted by atomic mass is 9.95. The smallest absolute Gasteiger partial charge is 0.242 e. The van der Waals surface area contributed by atoms with Crippen molar-refractivity contribution in [2.45, 2.75) is 58.0 Å². The number of hydrogen-bond acceptors (Lipinski definition) is 3. The van der Waals surface area contributed by atoms with E-state index in [0.717, 1.165) is 29.8 Å². The normalized spacial score (nSPS) is 17.1. The summed E-state index contributed by atoms with van der Waals surface area (Å²) in [6, 6.07) is 5.99. The average Bonchev–Trinajstić information content (AvgIpc) is 2.48. The predicted octanol–water partition coefficient (Wildman–Crippen LogP) is 3.25. The number of rotatable bonds is 5. The summed E-state index contributed by atoms with van der Waals surface area (Å²) in [5.41, 5.74) is 2.00. The third-order valence-electron chi connectivity index (χ3n) is 4.07. The van der Waals surface area contributed by atoms with Crippen LogP contribution in [-0.4, -0.2) is 25.1 Å². The van der Waals surface area contributed by atoms with E-state index in [1.54, 1.807) is 7.11 Å². The molecule has 1 fully saturated rings. The van der Waals surface area contributed by atoms with E-state index in [1.165, 1.54) is 19.3 Å². The van der Waals surface area contributed by atoms with Crippen LogP contribution in [0.2, 0.25) is 0 Å². The minimum absolute atomic E-state index is 0.0606. The van der Waals surface area contributed by atoms with Gasteiger partial charge in [-0.3, -0.25) is 4.79 Å². The zero-order valence-electron chi connectivity index (χ0n) is 13.2. The third kappa shape index (κ3) is 4.38. The molecule has 1 aromatic rings. The molecule has 1 amide bonds. The second-order valence-corrected chi connectivity index (χ2v) is 5.91. The number of amides is 1. The molecule has 0 bridgehead atoms. The highest BCUT2D eigenvalue weighted by atomic mass is 16.5. The van der Waals surface area contributed by atoms with Crippen LogP contribution in [0.3, 0.4) is 0 Å². The molecule has 0 aromatic heterocycles. The summed E-state index contributed by atoms with van der Waals surface area (Å²) >= 11 is 0. The first-order chi connectivity index (χ1) is 10.1. The van der Waals surface area contributed by atoms with Gasteiger partial charge in [-0.05, 0) is 44.4 Å². The maximum atomic E-state index is 12.3. The number of carbonyl (C=O) groups excluding carboxylic acids is 1. The van der Waals surface area contributed by atoms with Crippen molar-refractivity contribution in [3.8, 4) is 5.75 Å². The molecule has 0 saturated heterocycles. The van der Waals surface area contributed by atoms with Gasteiger partial charge in [0.05, 0.1) is 12.8 Å². The Hall–Kier alpha value is -1.71. The molecule has 1 aliphatic rings. The van der Waals surface area contributed by atoms with E-state index in [-0.39, 0.29) is 11.9 Å². The molecule has 0 spiro atoms. The molecule has 4 heteroatoms. The van der Waals surface area contributed by atoms with Crippen molar-refractivity contribution >= 4 is 11.6 Å². The molecule has 1 saturated carbocycles. The Balaban J connectivity index is 1.95. The lowest BCUT2D eigenvalue weighted by Crippen LogP contribution is -2.44. The van der Waals surface area contributed by atoms with Gasteiger partial charge < -0.3 is 15.4 Å². The number of carbonyl (C=O) groups is 1. The topological polar surface area (TPSA) is 50.4 Å². The van der Waals surface area contributed by atoms with Crippen LogP contribution < -0.4 is 15.4 Å². The molecular formula is C17H26N2O2. The number of hydrogen-bond donors (Lipinski definition) is 2. The van der Waals surface area contributed by atoms with Gasteiger partial charge in [-0.2, -0.15) is 0 Å². The molecule has 4 nitrogen and oxygen atoms in total. The van der Waals surface area contributed by atoms with Crippen LogP contribution in [-0.2, 0) is 4.79 Å². The highest BCUT2D eigenvalue weighted by molar-refractivity contribution is 5.85. The summed E-state index contributed by atoms with van der Waals surface area (Å²) in [7, 11) is 1.64. The number of benzene rings is 1. The fourth-order valence-corrected chi connectivity index (χ4v) is 2.81. The summed E-state index contributed by atoms with van der Waals surface area (Å²) in [5, 5.41) is 6.40. The van der Waals surface area contributed by atoms with Gasteiger partial charge in [-0.15, -0.1) is 0 Å². The maximum Gasteiger partial charge on any atom is 0.242 e. The van der Waals surface area contributed by atoms with Gasteiger partial charge in [0.1, 0.15) is 11.8 Å². The van der Waals surface area contributed by atoms with E-state index in [2.05, 4.69) is 10.6 Å². The van der Waals surface area contributed by atoms with Crippen molar-refractivity contribution in [2.24, 2.45) is 0 Å². The zero-order chi connectivity index (χ0) is 15.2. The highest BCUT2D eigenvalue weighted by Crippen LogP contribution is 2.26. The van der Waals surface area contributed by atoms with Crippen molar-refractivity contribution in [1.82, 2.24) is 5.32 Å². The Morgan fingerprint density at radius 1 is 1.29 bits per heavy atom. The predicted molar refractivity (Wildman–Crippen MR) is 85.8 cm³/mol.